The third-order valence-electron chi connectivity index (χ3n) is 5.24. The number of fused-ring (bicyclic) bond motifs is 2. The van der Waals surface area contributed by atoms with Crippen molar-refractivity contribution in [1.29, 1.82) is 0 Å². The monoisotopic (exact) mass is 432 g/mol. The van der Waals surface area contributed by atoms with Crippen molar-refractivity contribution in [2.45, 2.75) is 0 Å². The summed E-state index contributed by atoms with van der Waals surface area (Å²) in [6, 6.07) is 26.0. The van der Waals surface area contributed by atoms with Gasteiger partial charge in [-0.25, -0.2) is 0 Å². The van der Waals surface area contributed by atoms with Gasteiger partial charge in [0, 0.05) is 22.8 Å². The van der Waals surface area contributed by atoms with Gasteiger partial charge in [-0.05, 0) is 48.5 Å². The summed E-state index contributed by atoms with van der Waals surface area (Å²) in [4.78, 5) is 16.9. The molecule has 0 saturated carbocycles. The lowest BCUT2D eigenvalue weighted by atomic mass is 10.1. The molecule has 0 aliphatic carbocycles. The normalized spacial score (nSPS) is 11.2. The molecule has 1 amide bonds. The van der Waals surface area contributed by atoms with Crippen LogP contribution in [0.3, 0.4) is 0 Å². The van der Waals surface area contributed by atoms with E-state index in [0.29, 0.717) is 28.4 Å². The third kappa shape index (κ3) is 3.49. The van der Waals surface area contributed by atoms with Crippen molar-refractivity contribution < 1.29 is 9.21 Å². The molecule has 6 rings (SSSR count). The maximum absolute atomic E-state index is 12.6. The van der Waals surface area contributed by atoms with Gasteiger partial charge in [0.25, 0.3) is 5.91 Å². The van der Waals surface area contributed by atoms with Gasteiger partial charge in [-0.3, -0.25) is 9.78 Å². The molecule has 0 aliphatic heterocycles. The van der Waals surface area contributed by atoms with E-state index in [9.17, 15) is 4.79 Å². The molecule has 8 heteroatoms. The minimum atomic E-state index is -0.303. The summed E-state index contributed by atoms with van der Waals surface area (Å²) in [7, 11) is 0. The molecule has 8 nitrogen and oxygen atoms in total. The van der Waals surface area contributed by atoms with E-state index in [1.807, 2.05) is 78.9 Å². The van der Waals surface area contributed by atoms with Gasteiger partial charge in [-0.15, -0.1) is 10.2 Å². The molecule has 6 aromatic rings. The number of para-hydroxylation sites is 1. The van der Waals surface area contributed by atoms with Crippen LogP contribution in [0, 0.1) is 0 Å². The van der Waals surface area contributed by atoms with Crippen LogP contribution in [-0.4, -0.2) is 30.7 Å². The van der Waals surface area contributed by atoms with Crippen LogP contribution in [0.4, 0.5) is 5.69 Å². The lowest BCUT2D eigenvalue weighted by Gasteiger charge is -2.06. The zero-order chi connectivity index (χ0) is 22.2. The molecule has 4 heterocycles. The first-order chi connectivity index (χ1) is 16.2. The Hall–Kier alpha value is -4.85. The molecular formula is C25H16N6O2. The van der Waals surface area contributed by atoms with Crippen molar-refractivity contribution in [3.05, 3.63) is 96.9 Å². The average Bonchev–Trinajstić information content (AvgIpc) is 3.49. The van der Waals surface area contributed by atoms with Gasteiger partial charge in [0.05, 0.1) is 5.69 Å². The quantitative estimate of drug-likeness (QED) is 0.428. The molecule has 2 aromatic carbocycles. The Bertz CT molecular complexity index is 1570. The number of furan rings is 1. The molecule has 0 spiro atoms. The number of anilines is 1. The largest absolute Gasteiger partial charge is 0.451 e. The van der Waals surface area contributed by atoms with E-state index in [1.54, 1.807) is 16.8 Å². The van der Waals surface area contributed by atoms with Crippen LogP contribution >= 0.6 is 0 Å². The third-order valence-corrected chi connectivity index (χ3v) is 5.24. The minimum Gasteiger partial charge on any atom is -0.451 e. The summed E-state index contributed by atoms with van der Waals surface area (Å²) < 4.78 is 7.31. The standard InChI is InChI=1S/C25H16N6O2/c32-25(22-15-17-5-1-2-7-21(17)33-22)27-18-10-8-16(9-11-18)19-12-13-23-28-29-24(31(23)30-19)20-6-3-4-14-26-20/h1-15H,(H,27,32). The number of pyridine rings is 1. The molecule has 0 atom stereocenters. The number of nitrogens with zero attached hydrogens (tertiary/aromatic N) is 5. The van der Waals surface area contributed by atoms with Crippen LogP contribution in [-0.2, 0) is 0 Å². The Morgan fingerprint density at radius 2 is 1.70 bits per heavy atom. The average molecular weight is 432 g/mol. The second kappa shape index (κ2) is 7.69. The Labute approximate surface area is 187 Å². The van der Waals surface area contributed by atoms with Crippen LogP contribution < -0.4 is 5.32 Å². The maximum atomic E-state index is 12.6. The van der Waals surface area contributed by atoms with Gasteiger partial charge in [-0.1, -0.05) is 36.4 Å². The number of rotatable bonds is 4. The number of carbonyl (C=O) groups is 1. The Kier molecular flexibility index (Phi) is 4.40. The topological polar surface area (TPSA) is 98.2 Å². The van der Waals surface area contributed by atoms with Gasteiger partial charge < -0.3 is 9.73 Å². The Morgan fingerprint density at radius 3 is 2.52 bits per heavy atom. The first-order valence-electron chi connectivity index (χ1n) is 10.3. The SMILES string of the molecule is O=C(Nc1ccc(-c2ccc3nnc(-c4ccccn4)n3n2)cc1)c1cc2ccccc2o1. The van der Waals surface area contributed by atoms with Crippen molar-refractivity contribution >= 4 is 28.2 Å². The van der Waals surface area contributed by atoms with E-state index < -0.39 is 0 Å². The van der Waals surface area contributed by atoms with Gasteiger partial charge in [-0.2, -0.15) is 9.61 Å². The highest BCUT2D eigenvalue weighted by Crippen LogP contribution is 2.23. The number of hydrogen-bond acceptors (Lipinski definition) is 6. The smallest absolute Gasteiger partial charge is 0.291 e. The molecule has 0 aliphatic rings. The van der Waals surface area contributed by atoms with Crippen molar-refractivity contribution in [2.75, 3.05) is 5.32 Å². The van der Waals surface area contributed by atoms with E-state index in [0.717, 1.165) is 16.6 Å². The van der Waals surface area contributed by atoms with E-state index in [4.69, 9.17) is 9.52 Å². The minimum absolute atomic E-state index is 0.266. The van der Waals surface area contributed by atoms with E-state index in [-0.39, 0.29) is 11.7 Å². The van der Waals surface area contributed by atoms with Crippen LogP contribution in [0.1, 0.15) is 10.6 Å². The van der Waals surface area contributed by atoms with Crippen molar-refractivity contribution in [1.82, 2.24) is 24.8 Å². The number of amides is 1. The molecule has 0 bridgehead atoms. The lowest BCUT2D eigenvalue weighted by molar-refractivity contribution is 0.0998. The number of carbonyl (C=O) groups excluding carboxylic acids is 1. The fourth-order valence-electron chi connectivity index (χ4n) is 3.61. The number of benzene rings is 2. The Balaban J connectivity index is 1.26. The molecule has 158 valence electrons. The molecule has 1 N–H and O–H groups in total. The fourth-order valence-corrected chi connectivity index (χ4v) is 3.61. The zero-order valence-corrected chi connectivity index (χ0v) is 17.2. The second-order valence-corrected chi connectivity index (χ2v) is 7.41. The van der Waals surface area contributed by atoms with Crippen LogP contribution in [0.2, 0.25) is 0 Å². The van der Waals surface area contributed by atoms with Crippen molar-refractivity contribution in [3.8, 4) is 22.8 Å². The molecular weight excluding hydrogens is 416 g/mol. The van der Waals surface area contributed by atoms with E-state index in [1.165, 1.54) is 0 Å². The molecule has 4 aromatic heterocycles. The van der Waals surface area contributed by atoms with Gasteiger partial charge in [0.1, 0.15) is 11.3 Å². The first kappa shape index (κ1) is 18.9. The second-order valence-electron chi connectivity index (χ2n) is 7.41. The zero-order valence-electron chi connectivity index (χ0n) is 17.2. The number of nitrogens with one attached hydrogen (secondary N) is 1. The maximum Gasteiger partial charge on any atom is 0.291 e. The highest BCUT2D eigenvalue weighted by atomic mass is 16.3. The first-order valence-corrected chi connectivity index (χ1v) is 10.3. The molecule has 0 saturated heterocycles. The van der Waals surface area contributed by atoms with Crippen LogP contribution in [0.5, 0.6) is 0 Å². The summed E-state index contributed by atoms with van der Waals surface area (Å²) in [5.41, 5.74) is 4.30. The predicted octanol–water partition coefficient (Wildman–Crippen LogP) is 4.85. The van der Waals surface area contributed by atoms with Crippen molar-refractivity contribution in [2.24, 2.45) is 0 Å². The van der Waals surface area contributed by atoms with E-state index in [2.05, 4.69) is 20.5 Å². The van der Waals surface area contributed by atoms with Crippen molar-refractivity contribution in [3.63, 3.8) is 0 Å². The van der Waals surface area contributed by atoms with Gasteiger partial charge in [0.15, 0.2) is 11.4 Å². The Morgan fingerprint density at radius 1 is 0.848 bits per heavy atom. The molecule has 0 fully saturated rings. The number of hydrogen-bond donors (Lipinski definition) is 1. The lowest BCUT2D eigenvalue weighted by Crippen LogP contribution is -2.10. The number of aromatic nitrogens is 5. The van der Waals surface area contributed by atoms with Crippen LogP contribution in [0.25, 0.3) is 39.4 Å². The summed E-state index contributed by atoms with van der Waals surface area (Å²) in [6.45, 7) is 0. The van der Waals surface area contributed by atoms with Crippen LogP contribution in [0.15, 0.2) is 95.5 Å². The van der Waals surface area contributed by atoms with E-state index >= 15 is 0 Å². The summed E-state index contributed by atoms with van der Waals surface area (Å²) in [5, 5.41) is 16.8. The van der Waals surface area contributed by atoms with Gasteiger partial charge >= 0.3 is 0 Å². The highest BCUT2D eigenvalue weighted by molar-refractivity contribution is 6.04. The highest BCUT2D eigenvalue weighted by Gasteiger charge is 2.14. The summed E-state index contributed by atoms with van der Waals surface area (Å²) >= 11 is 0. The summed E-state index contributed by atoms with van der Waals surface area (Å²) in [6.07, 6.45) is 1.71. The fraction of sp³-hybridized carbons (Fsp3) is 0. The summed E-state index contributed by atoms with van der Waals surface area (Å²) in [5.74, 6) is 0.534. The molecule has 0 radical (unpaired) electrons. The molecule has 0 unspecified atom stereocenters. The predicted molar refractivity (Wildman–Crippen MR) is 124 cm³/mol. The molecule has 33 heavy (non-hydrogen) atoms. The van der Waals surface area contributed by atoms with Gasteiger partial charge in [0.2, 0.25) is 5.82 Å².